The van der Waals surface area contributed by atoms with Gasteiger partial charge >= 0.3 is 0 Å². The Hall–Kier alpha value is -0.660. The number of hydrogen-bond donors (Lipinski definition) is 1. The molecule has 1 aliphatic heterocycles. The van der Waals surface area contributed by atoms with Crippen LogP contribution >= 0.6 is 0 Å². The topological polar surface area (TPSA) is 83.7 Å². The van der Waals surface area contributed by atoms with E-state index < -0.39 is 10.0 Å². The van der Waals surface area contributed by atoms with Crippen LogP contribution in [-0.2, 0) is 14.8 Å². The lowest BCUT2D eigenvalue weighted by Crippen LogP contribution is -2.54. The lowest BCUT2D eigenvalue weighted by molar-refractivity contribution is -0.123. The maximum Gasteiger partial charge on any atom is 0.234 e. The standard InChI is InChI=1S/C8H17N3O3S/c1-7(8(9)12)10-3-5-11(6-4-10)15(2,13)14/h7H,3-6H2,1-2H3,(H2,9,12)/t7-/m0/s1. The minimum atomic E-state index is -3.10. The zero-order valence-corrected chi connectivity index (χ0v) is 9.83. The first-order valence-corrected chi connectivity index (χ1v) is 6.65. The van der Waals surface area contributed by atoms with Crippen molar-refractivity contribution < 1.29 is 13.2 Å². The summed E-state index contributed by atoms with van der Waals surface area (Å²) in [6, 6.07) is -0.327. The maximum atomic E-state index is 11.2. The highest BCUT2D eigenvalue weighted by atomic mass is 32.2. The molecule has 88 valence electrons. The number of hydrogen-bond acceptors (Lipinski definition) is 4. The normalized spacial score (nSPS) is 22.5. The molecule has 0 unspecified atom stereocenters. The summed E-state index contributed by atoms with van der Waals surface area (Å²) in [4.78, 5) is 12.8. The Kier molecular flexibility index (Phi) is 3.69. The van der Waals surface area contributed by atoms with E-state index in [0.717, 1.165) is 0 Å². The van der Waals surface area contributed by atoms with Crippen LogP contribution in [0.1, 0.15) is 6.92 Å². The summed E-state index contributed by atoms with van der Waals surface area (Å²) in [6.45, 7) is 3.69. The van der Waals surface area contributed by atoms with Gasteiger partial charge in [-0.2, -0.15) is 4.31 Å². The Morgan fingerprint density at radius 1 is 1.27 bits per heavy atom. The molecule has 1 saturated heterocycles. The summed E-state index contributed by atoms with van der Waals surface area (Å²) < 4.78 is 23.8. The largest absolute Gasteiger partial charge is 0.368 e. The fraction of sp³-hybridized carbons (Fsp3) is 0.875. The Morgan fingerprint density at radius 3 is 2.07 bits per heavy atom. The number of primary amides is 1. The average molecular weight is 235 g/mol. The molecule has 1 fully saturated rings. The zero-order valence-electron chi connectivity index (χ0n) is 9.01. The first-order valence-electron chi connectivity index (χ1n) is 4.81. The number of carbonyl (C=O) groups excluding carboxylic acids is 1. The van der Waals surface area contributed by atoms with Crippen LogP contribution in [0.5, 0.6) is 0 Å². The van der Waals surface area contributed by atoms with Crippen LogP contribution in [0.25, 0.3) is 0 Å². The molecule has 0 aromatic rings. The molecule has 7 heteroatoms. The predicted molar refractivity (Wildman–Crippen MR) is 56.6 cm³/mol. The van der Waals surface area contributed by atoms with Crippen molar-refractivity contribution in [3.8, 4) is 0 Å². The number of rotatable bonds is 3. The third-order valence-electron chi connectivity index (χ3n) is 2.70. The van der Waals surface area contributed by atoms with E-state index in [2.05, 4.69) is 0 Å². The van der Waals surface area contributed by atoms with Crippen molar-refractivity contribution in [2.75, 3.05) is 32.4 Å². The van der Waals surface area contributed by atoms with Crippen molar-refractivity contribution in [1.82, 2.24) is 9.21 Å². The maximum absolute atomic E-state index is 11.2. The van der Waals surface area contributed by atoms with Crippen molar-refractivity contribution in [3.63, 3.8) is 0 Å². The van der Waals surface area contributed by atoms with Gasteiger partial charge in [0.25, 0.3) is 0 Å². The highest BCUT2D eigenvalue weighted by Crippen LogP contribution is 2.08. The molecule has 0 saturated carbocycles. The Balaban J connectivity index is 2.53. The van der Waals surface area contributed by atoms with Gasteiger partial charge in [-0.15, -0.1) is 0 Å². The Bertz CT molecular complexity index is 333. The lowest BCUT2D eigenvalue weighted by Gasteiger charge is -2.35. The van der Waals surface area contributed by atoms with Gasteiger partial charge in [-0.25, -0.2) is 8.42 Å². The van der Waals surface area contributed by atoms with Gasteiger partial charge in [0, 0.05) is 26.2 Å². The zero-order chi connectivity index (χ0) is 11.6. The Morgan fingerprint density at radius 2 is 1.73 bits per heavy atom. The van der Waals surface area contributed by atoms with E-state index in [0.29, 0.717) is 26.2 Å². The molecule has 1 atom stereocenters. The molecular weight excluding hydrogens is 218 g/mol. The number of nitrogens with zero attached hydrogens (tertiary/aromatic N) is 2. The van der Waals surface area contributed by atoms with Crippen LogP contribution in [0, 0.1) is 0 Å². The van der Waals surface area contributed by atoms with Gasteiger partial charge in [0.1, 0.15) is 0 Å². The number of amides is 1. The number of nitrogens with two attached hydrogens (primary N) is 1. The van der Waals surface area contributed by atoms with Crippen LogP contribution in [0.15, 0.2) is 0 Å². The fourth-order valence-electron chi connectivity index (χ4n) is 1.60. The van der Waals surface area contributed by atoms with Crippen LogP contribution in [0.3, 0.4) is 0 Å². The molecule has 0 bridgehead atoms. The van der Waals surface area contributed by atoms with Gasteiger partial charge in [0.15, 0.2) is 0 Å². The van der Waals surface area contributed by atoms with Crippen LogP contribution in [-0.4, -0.2) is 62.0 Å². The van der Waals surface area contributed by atoms with E-state index in [1.54, 1.807) is 6.92 Å². The molecule has 0 spiro atoms. The molecule has 6 nitrogen and oxygen atoms in total. The molecule has 0 aromatic heterocycles. The predicted octanol–water partition coefficient (Wildman–Crippen LogP) is -1.56. The monoisotopic (exact) mass is 235 g/mol. The van der Waals surface area contributed by atoms with E-state index in [9.17, 15) is 13.2 Å². The quantitative estimate of drug-likeness (QED) is 0.641. The second-order valence-corrected chi connectivity index (χ2v) is 5.76. The van der Waals surface area contributed by atoms with Gasteiger partial charge in [0.2, 0.25) is 15.9 Å². The van der Waals surface area contributed by atoms with E-state index in [1.165, 1.54) is 10.6 Å². The highest BCUT2D eigenvalue weighted by Gasteiger charge is 2.27. The van der Waals surface area contributed by atoms with Crippen molar-refractivity contribution in [2.24, 2.45) is 5.73 Å². The number of carbonyl (C=O) groups is 1. The van der Waals surface area contributed by atoms with Crippen LogP contribution in [0.2, 0.25) is 0 Å². The van der Waals surface area contributed by atoms with E-state index in [4.69, 9.17) is 5.73 Å². The average Bonchev–Trinajstić information content (AvgIpc) is 2.15. The molecule has 1 aliphatic rings. The summed E-state index contributed by atoms with van der Waals surface area (Å²) in [5, 5.41) is 0. The van der Waals surface area contributed by atoms with Gasteiger partial charge in [-0.05, 0) is 6.92 Å². The molecule has 0 radical (unpaired) electrons. The van der Waals surface area contributed by atoms with E-state index in [-0.39, 0.29) is 11.9 Å². The molecule has 15 heavy (non-hydrogen) atoms. The van der Waals surface area contributed by atoms with Gasteiger partial charge < -0.3 is 5.73 Å². The second-order valence-electron chi connectivity index (χ2n) is 3.78. The molecule has 0 aliphatic carbocycles. The minimum absolute atomic E-state index is 0.327. The molecule has 2 N–H and O–H groups in total. The molecule has 1 rings (SSSR count). The van der Waals surface area contributed by atoms with Crippen molar-refractivity contribution >= 4 is 15.9 Å². The molecule has 1 heterocycles. The van der Waals surface area contributed by atoms with Crippen LogP contribution in [0.4, 0.5) is 0 Å². The van der Waals surface area contributed by atoms with E-state index >= 15 is 0 Å². The minimum Gasteiger partial charge on any atom is -0.368 e. The van der Waals surface area contributed by atoms with Crippen molar-refractivity contribution in [1.29, 1.82) is 0 Å². The number of piperazine rings is 1. The third kappa shape index (κ3) is 3.15. The first-order chi connectivity index (χ1) is 6.82. The van der Waals surface area contributed by atoms with Gasteiger partial charge in [-0.1, -0.05) is 0 Å². The summed E-state index contributed by atoms with van der Waals surface area (Å²) >= 11 is 0. The summed E-state index contributed by atoms with van der Waals surface area (Å²) in [7, 11) is -3.10. The summed E-state index contributed by atoms with van der Waals surface area (Å²) in [5.74, 6) is -0.372. The SMILES string of the molecule is C[C@@H](C(N)=O)N1CCN(S(C)(=O)=O)CC1. The van der Waals surface area contributed by atoms with Crippen LogP contribution < -0.4 is 5.73 Å². The second kappa shape index (κ2) is 4.46. The molecular formula is C8H17N3O3S. The molecule has 0 aromatic carbocycles. The summed E-state index contributed by atoms with van der Waals surface area (Å²) in [5.41, 5.74) is 5.17. The van der Waals surface area contributed by atoms with E-state index in [1.807, 2.05) is 4.90 Å². The summed E-state index contributed by atoms with van der Waals surface area (Å²) in [6.07, 6.45) is 1.19. The highest BCUT2D eigenvalue weighted by molar-refractivity contribution is 7.88. The van der Waals surface area contributed by atoms with Gasteiger partial charge in [-0.3, -0.25) is 9.69 Å². The first kappa shape index (κ1) is 12.4. The third-order valence-corrected chi connectivity index (χ3v) is 4.00. The smallest absolute Gasteiger partial charge is 0.234 e. The van der Waals surface area contributed by atoms with Crippen molar-refractivity contribution in [3.05, 3.63) is 0 Å². The van der Waals surface area contributed by atoms with Crippen molar-refractivity contribution in [2.45, 2.75) is 13.0 Å². The Labute approximate surface area is 90.1 Å². The fourth-order valence-corrected chi connectivity index (χ4v) is 2.43. The van der Waals surface area contributed by atoms with Gasteiger partial charge in [0.05, 0.1) is 12.3 Å². The number of sulfonamides is 1. The lowest BCUT2D eigenvalue weighted by atomic mass is 10.2. The molecule has 1 amide bonds.